The van der Waals surface area contributed by atoms with Crippen LogP contribution in [0.5, 0.6) is 0 Å². The molecule has 0 spiro atoms. The molecule has 0 amide bonds. The second-order valence-electron chi connectivity index (χ2n) is 18.3. The first-order valence-corrected chi connectivity index (χ1v) is 26.4. The third kappa shape index (κ3) is 35.1. The second kappa shape index (κ2) is 44.0. The summed E-state index contributed by atoms with van der Waals surface area (Å²) in [5.74, 6) is -0.846. The van der Waals surface area contributed by atoms with Gasteiger partial charge >= 0.3 is 11.9 Å². The predicted molar refractivity (Wildman–Crippen MR) is 256 cm³/mol. The molecule has 370 valence electrons. The van der Waals surface area contributed by atoms with Crippen molar-refractivity contribution >= 4 is 11.9 Å². The molecule has 0 aliphatic carbocycles. The molecule has 0 saturated carbocycles. The molecule has 63 heavy (non-hydrogen) atoms. The van der Waals surface area contributed by atoms with Gasteiger partial charge in [0.15, 0.2) is 12.4 Å². The van der Waals surface area contributed by atoms with Gasteiger partial charge in [-0.15, -0.1) is 0 Å². The normalized spacial score (nSPS) is 19.6. The van der Waals surface area contributed by atoms with E-state index in [4.69, 9.17) is 18.9 Å². The van der Waals surface area contributed by atoms with Crippen LogP contribution in [0, 0.1) is 0 Å². The average molecular weight is 895 g/mol. The summed E-state index contributed by atoms with van der Waals surface area (Å²) in [5.41, 5.74) is 0. The smallest absolute Gasteiger partial charge is 0.306 e. The Balaban J connectivity index is 2.26. The van der Waals surface area contributed by atoms with Crippen molar-refractivity contribution in [2.45, 2.75) is 282 Å². The zero-order chi connectivity index (χ0) is 45.9. The highest BCUT2D eigenvalue weighted by Gasteiger charge is 2.44. The number of hydrogen-bond acceptors (Lipinski definition) is 10. The van der Waals surface area contributed by atoms with Gasteiger partial charge in [0.25, 0.3) is 0 Å². The SMILES string of the molecule is CCCCCCCCCCC/C=C/C/C=C/CCCC(=O)OC[C@H](CO[C@@H]1O[C@H](CO)[C@H](O)C(O)C1O)OC(=O)CCCCCCCCCCCCCCCCCCCCCCC. The molecule has 0 aromatic carbocycles. The summed E-state index contributed by atoms with van der Waals surface area (Å²) in [6.45, 7) is 3.43. The van der Waals surface area contributed by atoms with Crippen LogP contribution in [0.2, 0.25) is 0 Å². The van der Waals surface area contributed by atoms with Crippen LogP contribution in [0.1, 0.15) is 245 Å². The lowest BCUT2D eigenvalue weighted by Gasteiger charge is -2.39. The lowest BCUT2D eigenvalue weighted by molar-refractivity contribution is -0.305. The lowest BCUT2D eigenvalue weighted by atomic mass is 9.99. The molecule has 0 aromatic rings. The van der Waals surface area contributed by atoms with E-state index in [2.05, 4.69) is 38.2 Å². The number of aliphatic hydroxyl groups excluding tert-OH is 4. The van der Waals surface area contributed by atoms with Crippen LogP contribution < -0.4 is 0 Å². The summed E-state index contributed by atoms with van der Waals surface area (Å²) >= 11 is 0. The molecule has 1 heterocycles. The van der Waals surface area contributed by atoms with Gasteiger partial charge in [-0.1, -0.05) is 218 Å². The van der Waals surface area contributed by atoms with Crippen molar-refractivity contribution < 1.29 is 49.0 Å². The Kier molecular flexibility index (Phi) is 41.4. The predicted octanol–water partition coefficient (Wildman–Crippen LogP) is 12.5. The Morgan fingerprint density at radius 1 is 0.492 bits per heavy atom. The largest absolute Gasteiger partial charge is 0.462 e. The van der Waals surface area contributed by atoms with Gasteiger partial charge in [0.2, 0.25) is 0 Å². The maximum atomic E-state index is 12.8. The molecular formula is C53H98O10. The fraction of sp³-hybridized carbons (Fsp3) is 0.887. The van der Waals surface area contributed by atoms with Crippen molar-refractivity contribution in [2.75, 3.05) is 19.8 Å². The number of allylic oxidation sites excluding steroid dienone is 4. The zero-order valence-corrected chi connectivity index (χ0v) is 40.6. The Bertz CT molecular complexity index is 1080. The summed E-state index contributed by atoms with van der Waals surface area (Å²) in [5, 5.41) is 40.2. The van der Waals surface area contributed by atoms with Gasteiger partial charge in [-0.25, -0.2) is 0 Å². The molecule has 1 fully saturated rings. The Labute approximate surface area is 385 Å². The highest BCUT2D eigenvalue weighted by Crippen LogP contribution is 2.23. The van der Waals surface area contributed by atoms with Gasteiger partial charge in [0.1, 0.15) is 31.0 Å². The monoisotopic (exact) mass is 895 g/mol. The van der Waals surface area contributed by atoms with Crippen LogP contribution >= 0.6 is 0 Å². The molecule has 0 aromatic heterocycles. The third-order valence-electron chi connectivity index (χ3n) is 12.3. The molecule has 2 unspecified atom stereocenters. The first-order chi connectivity index (χ1) is 30.8. The number of rotatable bonds is 45. The van der Waals surface area contributed by atoms with Gasteiger partial charge in [-0.2, -0.15) is 0 Å². The van der Waals surface area contributed by atoms with Crippen molar-refractivity contribution in [2.24, 2.45) is 0 Å². The van der Waals surface area contributed by atoms with Crippen molar-refractivity contribution in [3.8, 4) is 0 Å². The third-order valence-corrected chi connectivity index (χ3v) is 12.3. The molecule has 10 nitrogen and oxygen atoms in total. The van der Waals surface area contributed by atoms with E-state index in [9.17, 15) is 30.0 Å². The Morgan fingerprint density at radius 2 is 0.905 bits per heavy atom. The van der Waals surface area contributed by atoms with E-state index in [1.54, 1.807) is 0 Å². The van der Waals surface area contributed by atoms with Gasteiger partial charge in [0.05, 0.1) is 13.2 Å². The molecular weight excluding hydrogens is 797 g/mol. The topological polar surface area (TPSA) is 152 Å². The van der Waals surface area contributed by atoms with Crippen LogP contribution in [0.3, 0.4) is 0 Å². The number of carbonyl (C=O) groups excluding carboxylic acids is 2. The van der Waals surface area contributed by atoms with Crippen LogP contribution in [0.25, 0.3) is 0 Å². The fourth-order valence-electron chi connectivity index (χ4n) is 8.17. The molecule has 1 aliphatic heterocycles. The molecule has 10 heteroatoms. The Hall–Kier alpha value is -1.82. The number of ether oxygens (including phenoxy) is 4. The van der Waals surface area contributed by atoms with E-state index in [-0.39, 0.29) is 26.1 Å². The fourth-order valence-corrected chi connectivity index (χ4v) is 8.17. The van der Waals surface area contributed by atoms with Crippen molar-refractivity contribution in [1.82, 2.24) is 0 Å². The van der Waals surface area contributed by atoms with Crippen LogP contribution in [-0.2, 0) is 28.5 Å². The maximum absolute atomic E-state index is 12.8. The maximum Gasteiger partial charge on any atom is 0.306 e. The van der Waals surface area contributed by atoms with Crippen molar-refractivity contribution in [3.63, 3.8) is 0 Å². The minimum absolute atomic E-state index is 0.215. The number of esters is 2. The van der Waals surface area contributed by atoms with E-state index < -0.39 is 55.4 Å². The molecule has 4 N–H and O–H groups in total. The zero-order valence-electron chi connectivity index (χ0n) is 40.6. The Morgan fingerprint density at radius 3 is 1.37 bits per heavy atom. The van der Waals surface area contributed by atoms with Crippen LogP contribution in [0.4, 0.5) is 0 Å². The minimum Gasteiger partial charge on any atom is -0.462 e. The first kappa shape index (κ1) is 59.2. The molecule has 1 aliphatic rings. The second-order valence-corrected chi connectivity index (χ2v) is 18.3. The van der Waals surface area contributed by atoms with Gasteiger partial charge in [-0.05, 0) is 38.5 Å². The van der Waals surface area contributed by atoms with Crippen LogP contribution in [-0.4, -0.2) is 89.0 Å². The summed E-state index contributed by atoms with van der Waals surface area (Å²) in [6.07, 6.45) is 43.4. The molecule has 0 bridgehead atoms. The van der Waals surface area contributed by atoms with Crippen molar-refractivity contribution in [3.05, 3.63) is 24.3 Å². The number of aliphatic hydroxyl groups is 4. The molecule has 1 saturated heterocycles. The van der Waals surface area contributed by atoms with Gasteiger partial charge < -0.3 is 39.4 Å². The molecule has 0 radical (unpaired) electrons. The van der Waals surface area contributed by atoms with E-state index in [1.165, 1.54) is 167 Å². The van der Waals surface area contributed by atoms with Gasteiger partial charge in [-0.3, -0.25) is 9.59 Å². The van der Waals surface area contributed by atoms with E-state index in [0.29, 0.717) is 12.8 Å². The average Bonchev–Trinajstić information content (AvgIpc) is 3.28. The lowest BCUT2D eigenvalue weighted by Crippen LogP contribution is -2.59. The summed E-state index contributed by atoms with van der Waals surface area (Å²) < 4.78 is 22.2. The highest BCUT2D eigenvalue weighted by molar-refractivity contribution is 5.70. The van der Waals surface area contributed by atoms with Crippen molar-refractivity contribution in [1.29, 1.82) is 0 Å². The highest BCUT2D eigenvalue weighted by atomic mass is 16.7. The summed E-state index contributed by atoms with van der Waals surface area (Å²) in [4.78, 5) is 25.4. The summed E-state index contributed by atoms with van der Waals surface area (Å²) in [6, 6.07) is 0. The van der Waals surface area contributed by atoms with E-state index in [1.807, 2.05) is 0 Å². The van der Waals surface area contributed by atoms with Crippen LogP contribution in [0.15, 0.2) is 24.3 Å². The van der Waals surface area contributed by atoms with E-state index >= 15 is 0 Å². The first-order valence-electron chi connectivity index (χ1n) is 26.4. The minimum atomic E-state index is -1.60. The number of hydrogen-bond donors (Lipinski definition) is 4. The standard InChI is InChI=1S/C53H98O10/c1-3-5-7-9-11-13-15-17-19-21-22-23-24-26-28-30-32-34-36-38-40-42-49(56)62-46(45-61-53-52(59)51(58)50(57)47(43-54)63-53)44-60-48(55)41-39-37-35-33-31-29-27-25-20-18-16-14-12-10-8-6-4-2/h27,29,33,35,46-47,50-54,57-59H,3-26,28,30-32,34,36-45H2,1-2H3/b29-27+,35-33+/t46-,47-,50+,51?,52?,53-/m1/s1. The number of unbranched alkanes of at least 4 members (excludes halogenated alkanes) is 30. The quantitative estimate of drug-likeness (QED) is 0.0264. The molecule has 1 rings (SSSR count). The molecule has 6 atom stereocenters. The van der Waals surface area contributed by atoms with E-state index in [0.717, 1.165) is 38.5 Å². The summed E-state index contributed by atoms with van der Waals surface area (Å²) in [7, 11) is 0. The van der Waals surface area contributed by atoms with Gasteiger partial charge in [0, 0.05) is 12.8 Å². The number of carbonyl (C=O) groups is 2.